The van der Waals surface area contributed by atoms with Gasteiger partial charge in [-0.15, -0.1) is 0 Å². The number of hydrogen-bond acceptors (Lipinski definition) is 3. The van der Waals surface area contributed by atoms with Crippen LogP contribution in [0.15, 0.2) is 28.7 Å². The molecule has 2 aliphatic rings. The van der Waals surface area contributed by atoms with Crippen molar-refractivity contribution >= 4 is 27.7 Å². The number of rotatable bonds is 3. The first-order valence-corrected chi connectivity index (χ1v) is 8.89. The molecule has 2 fully saturated rings. The number of halogens is 1. The van der Waals surface area contributed by atoms with Crippen LogP contribution in [0.1, 0.15) is 36.0 Å². The van der Waals surface area contributed by atoms with Crippen molar-refractivity contribution in [2.75, 3.05) is 19.7 Å². The number of ether oxygens (including phenoxy) is 1. The summed E-state index contributed by atoms with van der Waals surface area (Å²) >= 11 is 3.39. The summed E-state index contributed by atoms with van der Waals surface area (Å²) in [4.78, 5) is 26.4. The van der Waals surface area contributed by atoms with E-state index in [1.54, 1.807) is 0 Å². The van der Waals surface area contributed by atoms with Crippen LogP contribution in [0.2, 0.25) is 0 Å². The van der Waals surface area contributed by atoms with Crippen molar-refractivity contribution in [3.63, 3.8) is 0 Å². The highest BCUT2D eigenvalue weighted by molar-refractivity contribution is 9.10. The van der Waals surface area contributed by atoms with Gasteiger partial charge in [0.1, 0.15) is 6.10 Å². The Hall–Kier alpha value is -1.40. The first-order chi connectivity index (χ1) is 11.1. The Bertz CT molecular complexity index is 579. The fourth-order valence-corrected chi connectivity index (χ4v) is 3.51. The molecule has 0 saturated carbocycles. The molecule has 3 rings (SSSR count). The van der Waals surface area contributed by atoms with Gasteiger partial charge in [-0.2, -0.15) is 0 Å². The van der Waals surface area contributed by atoms with Crippen LogP contribution in [0.3, 0.4) is 0 Å². The van der Waals surface area contributed by atoms with Crippen LogP contribution in [0.4, 0.5) is 0 Å². The molecule has 124 valence electrons. The molecule has 0 spiro atoms. The molecule has 0 bridgehead atoms. The van der Waals surface area contributed by atoms with Crippen LogP contribution < -0.4 is 5.32 Å². The molecular formula is C17H21BrN2O3. The Morgan fingerprint density at radius 1 is 1.22 bits per heavy atom. The lowest BCUT2D eigenvalue weighted by Crippen LogP contribution is -2.48. The molecule has 0 radical (unpaired) electrons. The summed E-state index contributed by atoms with van der Waals surface area (Å²) in [5.41, 5.74) is 0.696. The highest BCUT2D eigenvalue weighted by Gasteiger charge is 2.28. The van der Waals surface area contributed by atoms with E-state index in [2.05, 4.69) is 21.2 Å². The van der Waals surface area contributed by atoms with E-state index in [-0.39, 0.29) is 24.0 Å². The summed E-state index contributed by atoms with van der Waals surface area (Å²) in [6.45, 7) is 2.02. The quantitative estimate of drug-likeness (QED) is 0.875. The van der Waals surface area contributed by atoms with E-state index in [9.17, 15) is 9.59 Å². The molecule has 2 amide bonds. The molecule has 1 atom stereocenters. The van der Waals surface area contributed by atoms with Crippen LogP contribution in [0, 0.1) is 0 Å². The Labute approximate surface area is 144 Å². The number of likely N-dealkylation sites (tertiary alicyclic amines) is 1. The molecule has 1 aromatic carbocycles. The summed E-state index contributed by atoms with van der Waals surface area (Å²) in [5, 5.41) is 3.06. The minimum absolute atomic E-state index is 0.000679. The lowest BCUT2D eigenvalue weighted by molar-refractivity contribution is -0.131. The van der Waals surface area contributed by atoms with Crippen LogP contribution in [0.5, 0.6) is 0 Å². The Morgan fingerprint density at radius 3 is 2.65 bits per heavy atom. The van der Waals surface area contributed by atoms with Crippen LogP contribution in [-0.4, -0.2) is 48.6 Å². The van der Waals surface area contributed by atoms with E-state index in [0.717, 1.165) is 30.2 Å². The molecule has 2 aliphatic heterocycles. The Kier molecular flexibility index (Phi) is 5.33. The average molecular weight is 381 g/mol. The van der Waals surface area contributed by atoms with Gasteiger partial charge in [0.05, 0.1) is 0 Å². The third kappa shape index (κ3) is 4.12. The van der Waals surface area contributed by atoms with Gasteiger partial charge in [0.25, 0.3) is 5.91 Å². The van der Waals surface area contributed by atoms with Crippen LogP contribution in [0.25, 0.3) is 0 Å². The van der Waals surface area contributed by atoms with Crippen molar-refractivity contribution in [2.45, 2.75) is 37.8 Å². The molecule has 5 nitrogen and oxygen atoms in total. The number of piperidine rings is 1. The van der Waals surface area contributed by atoms with Gasteiger partial charge in [-0.3, -0.25) is 9.59 Å². The van der Waals surface area contributed by atoms with Gasteiger partial charge in [-0.05, 0) is 43.9 Å². The smallest absolute Gasteiger partial charge is 0.253 e. The fraction of sp³-hybridized carbons (Fsp3) is 0.529. The Balaban J connectivity index is 1.50. The number of hydrogen-bond donors (Lipinski definition) is 1. The summed E-state index contributed by atoms with van der Waals surface area (Å²) in [5.74, 6) is 0.0504. The monoisotopic (exact) mass is 380 g/mol. The highest BCUT2D eigenvalue weighted by Crippen LogP contribution is 2.18. The molecule has 23 heavy (non-hydrogen) atoms. The maximum Gasteiger partial charge on any atom is 0.253 e. The number of benzene rings is 1. The zero-order valence-corrected chi connectivity index (χ0v) is 14.5. The number of carbonyl (C=O) groups excluding carboxylic acids is 2. The first kappa shape index (κ1) is 16.5. The molecule has 6 heteroatoms. The molecule has 2 heterocycles. The number of nitrogens with zero attached hydrogens (tertiary/aromatic N) is 1. The SMILES string of the molecule is O=C(NC1CCN(C(=O)c2cccc(Br)c2)CC1)C1CCCO1. The first-order valence-electron chi connectivity index (χ1n) is 8.10. The maximum atomic E-state index is 12.5. The molecule has 0 aliphatic carbocycles. The largest absolute Gasteiger partial charge is 0.368 e. The summed E-state index contributed by atoms with van der Waals surface area (Å²) in [6.07, 6.45) is 3.07. The van der Waals surface area contributed by atoms with Gasteiger partial charge in [-0.25, -0.2) is 0 Å². The molecular weight excluding hydrogens is 360 g/mol. The third-order valence-electron chi connectivity index (χ3n) is 4.42. The van der Waals surface area contributed by atoms with Crippen molar-refractivity contribution in [3.05, 3.63) is 34.3 Å². The van der Waals surface area contributed by atoms with Crippen LogP contribution in [-0.2, 0) is 9.53 Å². The summed E-state index contributed by atoms with van der Waals surface area (Å²) < 4.78 is 6.31. The van der Waals surface area contributed by atoms with Gasteiger partial charge in [-0.1, -0.05) is 22.0 Å². The van der Waals surface area contributed by atoms with Crippen molar-refractivity contribution in [3.8, 4) is 0 Å². The number of nitrogens with one attached hydrogen (secondary N) is 1. The predicted octanol–water partition coefficient (Wildman–Crippen LogP) is 2.35. The van der Waals surface area contributed by atoms with Crippen LogP contribution >= 0.6 is 15.9 Å². The van der Waals surface area contributed by atoms with Gasteiger partial charge in [0.2, 0.25) is 5.91 Å². The van der Waals surface area contributed by atoms with Crippen molar-refractivity contribution in [1.82, 2.24) is 10.2 Å². The second kappa shape index (κ2) is 7.45. The van der Waals surface area contributed by atoms with E-state index in [4.69, 9.17) is 4.74 Å². The standard InChI is InChI=1S/C17H21BrN2O3/c18-13-4-1-3-12(11-13)17(22)20-8-6-14(7-9-20)19-16(21)15-5-2-10-23-15/h1,3-4,11,14-15H,2,5-10H2,(H,19,21). The molecule has 1 unspecified atom stereocenters. The molecule has 2 saturated heterocycles. The summed E-state index contributed by atoms with van der Waals surface area (Å²) in [7, 11) is 0. The molecule has 1 N–H and O–H groups in total. The lowest BCUT2D eigenvalue weighted by Gasteiger charge is -2.33. The zero-order chi connectivity index (χ0) is 16.2. The highest BCUT2D eigenvalue weighted by atomic mass is 79.9. The van der Waals surface area contributed by atoms with Gasteiger partial charge in [0, 0.05) is 35.8 Å². The van der Waals surface area contributed by atoms with E-state index in [0.29, 0.717) is 25.3 Å². The van der Waals surface area contributed by atoms with Gasteiger partial charge in [0.15, 0.2) is 0 Å². The van der Waals surface area contributed by atoms with Gasteiger partial charge >= 0.3 is 0 Å². The molecule has 0 aromatic heterocycles. The third-order valence-corrected chi connectivity index (χ3v) is 4.92. The minimum atomic E-state index is -0.281. The minimum Gasteiger partial charge on any atom is -0.368 e. The van der Waals surface area contributed by atoms with Crippen molar-refractivity contribution in [1.29, 1.82) is 0 Å². The zero-order valence-electron chi connectivity index (χ0n) is 13.0. The van der Waals surface area contributed by atoms with E-state index in [1.807, 2.05) is 29.2 Å². The molecule has 1 aromatic rings. The summed E-state index contributed by atoms with van der Waals surface area (Å²) in [6, 6.07) is 7.58. The Morgan fingerprint density at radius 2 is 2.00 bits per heavy atom. The normalized spacial score (nSPS) is 22.1. The second-order valence-electron chi connectivity index (χ2n) is 6.09. The van der Waals surface area contributed by atoms with Crippen molar-refractivity contribution < 1.29 is 14.3 Å². The fourth-order valence-electron chi connectivity index (χ4n) is 3.11. The average Bonchev–Trinajstić information content (AvgIpc) is 3.09. The van der Waals surface area contributed by atoms with E-state index in [1.165, 1.54) is 0 Å². The maximum absolute atomic E-state index is 12.5. The predicted molar refractivity (Wildman–Crippen MR) is 90.2 cm³/mol. The van der Waals surface area contributed by atoms with Gasteiger partial charge < -0.3 is 15.0 Å². The topological polar surface area (TPSA) is 58.6 Å². The number of amides is 2. The lowest BCUT2D eigenvalue weighted by atomic mass is 10.0. The van der Waals surface area contributed by atoms with Crippen molar-refractivity contribution in [2.24, 2.45) is 0 Å². The second-order valence-corrected chi connectivity index (χ2v) is 7.00. The van der Waals surface area contributed by atoms with E-state index >= 15 is 0 Å². The van der Waals surface area contributed by atoms with E-state index < -0.39 is 0 Å². The number of carbonyl (C=O) groups is 2.